The summed E-state index contributed by atoms with van der Waals surface area (Å²) in [6, 6.07) is 19.7. The molecule has 3 rings (SSSR count). The topological polar surface area (TPSA) is 54.9 Å². The number of rotatable bonds is 7. The lowest BCUT2D eigenvalue weighted by atomic mass is 10.1. The van der Waals surface area contributed by atoms with Crippen LogP contribution in [0.15, 0.2) is 69.9 Å². The van der Waals surface area contributed by atoms with Crippen LogP contribution in [0.25, 0.3) is 0 Å². The van der Waals surface area contributed by atoms with E-state index in [4.69, 9.17) is 0 Å². The van der Waals surface area contributed by atoms with Gasteiger partial charge in [-0.1, -0.05) is 78.6 Å². The largest absolute Gasteiger partial charge is 0.299 e. The molecule has 0 spiro atoms. The van der Waals surface area contributed by atoms with Gasteiger partial charge in [-0.3, -0.25) is 10.1 Å². The van der Waals surface area contributed by atoms with Crippen LogP contribution in [-0.4, -0.2) is 21.9 Å². The van der Waals surface area contributed by atoms with Gasteiger partial charge in [-0.15, -0.1) is 22.0 Å². The summed E-state index contributed by atoms with van der Waals surface area (Å²) < 4.78 is 0.866. The summed E-state index contributed by atoms with van der Waals surface area (Å²) in [7, 11) is 0. The van der Waals surface area contributed by atoms with Gasteiger partial charge in [-0.2, -0.15) is 0 Å². The van der Waals surface area contributed by atoms with Crippen molar-refractivity contribution in [1.82, 2.24) is 10.2 Å². The van der Waals surface area contributed by atoms with Crippen LogP contribution >= 0.6 is 34.9 Å². The van der Waals surface area contributed by atoms with E-state index in [1.807, 2.05) is 60.7 Å². The smallest absolute Gasteiger partial charge is 0.244 e. The minimum absolute atomic E-state index is 0.0933. The summed E-state index contributed by atoms with van der Waals surface area (Å²) in [6.07, 6.45) is 0. The number of aromatic nitrogens is 2. The number of hydrogen-bond donors (Lipinski definition) is 1. The van der Waals surface area contributed by atoms with E-state index in [-0.39, 0.29) is 11.2 Å². The first-order valence-corrected chi connectivity index (χ1v) is 10.5. The minimum atomic E-state index is -0.352. The van der Waals surface area contributed by atoms with Crippen LogP contribution in [-0.2, 0) is 4.79 Å². The van der Waals surface area contributed by atoms with Gasteiger partial charge in [0.15, 0.2) is 4.34 Å². The number of anilines is 1. The van der Waals surface area contributed by atoms with E-state index in [1.54, 1.807) is 11.8 Å². The summed E-state index contributed by atoms with van der Waals surface area (Å²) in [5.41, 5.74) is 0.960. The Kier molecular flexibility index (Phi) is 6.49. The van der Waals surface area contributed by atoms with Crippen LogP contribution in [0.1, 0.15) is 17.7 Å². The molecule has 1 aromatic heterocycles. The Balaban J connectivity index is 1.79. The molecule has 1 N–H and O–H groups in total. The lowest BCUT2D eigenvalue weighted by molar-refractivity contribution is -0.115. The van der Waals surface area contributed by atoms with Crippen molar-refractivity contribution in [3.8, 4) is 0 Å². The number of nitrogens with one attached hydrogen (secondary N) is 1. The first-order chi connectivity index (χ1) is 12.3. The molecular formula is C18H17N3OS3. The normalized spacial score (nSPS) is 11.9. The van der Waals surface area contributed by atoms with Gasteiger partial charge < -0.3 is 0 Å². The van der Waals surface area contributed by atoms with Crippen molar-refractivity contribution in [2.75, 3.05) is 11.1 Å². The molecule has 1 atom stereocenters. The van der Waals surface area contributed by atoms with Crippen molar-refractivity contribution < 1.29 is 4.79 Å². The average Bonchev–Trinajstić information content (AvgIpc) is 3.08. The predicted octanol–water partition coefficient (Wildman–Crippen LogP) is 5.12. The Morgan fingerprint density at radius 1 is 1.08 bits per heavy atom. The number of thioether (sulfide) groups is 2. The Hall–Kier alpha value is -1.83. The number of nitrogens with zero attached hydrogens (tertiary/aromatic N) is 2. The van der Waals surface area contributed by atoms with Crippen molar-refractivity contribution in [3.05, 3.63) is 66.2 Å². The van der Waals surface area contributed by atoms with Crippen molar-refractivity contribution in [2.24, 2.45) is 0 Å². The van der Waals surface area contributed by atoms with E-state index in [0.29, 0.717) is 5.13 Å². The van der Waals surface area contributed by atoms with Crippen molar-refractivity contribution in [1.29, 1.82) is 0 Å². The molecule has 7 heteroatoms. The maximum atomic E-state index is 12.9. The molecule has 1 heterocycles. The van der Waals surface area contributed by atoms with Gasteiger partial charge in [0.05, 0.1) is 0 Å². The first kappa shape index (κ1) is 18.0. The zero-order valence-corrected chi connectivity index (χ0v) is 16.0. The van der Waals surface area contributed by atoms with Gasteiger partial charge >= 0.3 is 0 Å². The minimum Gasteiger partial charge on any atom is -0.299 e. The van der Waals surface area contributed by atoms with E-state index in [1.165, 1.54) is 23.1 Å². The van der Waals surface area contributed by atoms with E-state index < -0.39 is 0 Å². The Morgan fingerprint density at radius 3 is 2.44 bits per heavy atom. The van der Waals surface area contributed by atoms with Crippen molar-refractivity contribution >= 4 is 45.9 Å². The highest BCUT2D eigenvalue weighted by Crippen LogP contribution is 2.36. The molecule has 0 saturated heterocycles. The molecular weight excluding hydrogens is 370 g/mol. The van der Waals surface area contributed by atoms with Gasteiger partial charge in [-0.25, -0.2) is 0 Å². The zero-order chi connectivity index (χ0) is 17.5. The van der Waals surface area contributed by atoms with E-state index in [0.717, 1.165) is 20.6 Å². The summed E-state index contributed by atoms with van der Waals surface area (Å²) in [6.45, 7) is 2.06. The van der Waals surface area contributed by atoms with Gasteiger partial charge in [0.2, 0.25) is 11.0 Å². The summed E-state index contributed by atoms with van der Waals surface area (Å²) in [5.74, 6) is 0.836. The second-order valence-corrected chi connectivity index (χ2v) is 8.68. The molecule has 0 aliphatic rings. The van der Waals surface area contributed by atoms with E-state index in [2.05, 4.69) is 22.4 Å². The third kappa shape index (κ3) is 5.07. The fourth-order valence-electron chi connectivity index (χ4n) is 2.15. The van der Waals surface area contributed by atoms with Crippen LogP contribution < -0.4 is 5.32 Å². The van der Waals surface area contributed by atoms with Gasteiger partial charge in [0, 0.05) is 4.90 Å². The molecule has 25 heavy (non-hydrogen) atoms. The number of benzene rings is 2. The molecule has 2 aromatic carbocycles. The van der Waals surface area contributed by atoms with Crippen LogP contribution in [0.3, 0.4) is 0 Å². The Bertz CT molecular complexity index is 809. The molecule has 4 nitrogen and oxygen atoms in total. The summed E-state index contributed by atoms with van der Waals surface area (Å²) in [4.78, 5) is 13.9. The van der Waals surface area contributed by atoms with Crippen LogP contribution in [0.5, 0.6) is 0 Å². The Morgan fingerprint density at radius 2 is 1.76 bits per heavy atom. The van der Waals surface area contributed by atoms with Crippen LogP contribution in [0.2, 0.25) is 0 Å². The molecule has 3 aromatic rings. The molecule has 0 bridgehead atoms. The SMILES string of the molecule is CCSc1nnc(NC(=O)[C@@H](Sc2ccccc2)c2ccccc2)s1. The standard InChI is InChI=1S/C18H17N3OS3/c1-2-23-18-21-20-17(25-18)19-16(22)15(13-9-5-3-6-10-13)24-14-11-7-4-8-12-14/h3-12,15H,2H2,1H3,(H,19,20,22)/t15-/m0/s1. The monoisotopic (exact) mass is 387 g/mol. The molecule has 0 aliphatic heterocycles. The third-order valence-corrected chi connectivity index (χ3v) is 6.36. The molecule has 0 fully saturated rings. The molecule has 0 radical (unpaired) electrons. The van der Waals surface area contributed by atoms with E-state index in [9.17, 15) is 4.79 Å². The van der Waals surface area contributed by atoms with Gasteiger partial charge in [0.1, 0.15) is 5.25 Å². The highest BCUT2D eigenvalue weighted by atomic mass is 32.2. The Labute approximate surface area is 159 Å². The van der Waals surface area contributed by atoms with Crippen LogP contribution in [0, 0.1) is 0 Å². The highest BCUT2D eigenvalue weighted by molar-refractivity contribution is 8.01. The van der Waals surface area contributed by atoms with Crippen molar-refractivity contribution in [2.45, 2.75) is 21.4 Å². The number of hydrogen-bond acceptors (Lipinski definition) is 6. The molecule has 0 aliphatic carbocycles. The van der Waals surface area contributed by atoms with Gasteiger partial charge in [0.25, 0.3) is 0 Å². The second-order valence-electron chi connectivity index (χ2n) is 5.02. The molecule has 128 valence electrons. The third-order valence-electron chi connectivity index (χ3n) is 3.24. The summed E-state index contributed by atoms with van der Waals surface area (Å²) >= 11 is 4.55. The second kappa shape index (κ2) is 9.03. The predicted molar refractivity (Wildman–Crippen MR) is 106 cm³/mol. The number of carbonyl (C=O) groups excluding carboxylic acids is 1. The van der Waals surface area contributed by atoms with E-state index >= 15 is 0 Å². The van der Waals surface area contributed by atoms with Crippen molar-refractivity contribution in [3.63, 3.8) is 0 Å². The first-order valence-electron chi connectivity index (χ1n) is 7.80. The zero-order valence-electron chi connectivity index (χ0n) is 13.6. The summed E-state index contributed by atoms with van der Waals surface area (Å²) in [5, 5.41) is 11.2. The lowest BCUT2D eigenvalue weighted by Gasteiger charge is -2.16. The maximum Gasteiger partial charge on any atom is 0.244 e. The molecule has 0 saturated carbocycles. The fourth-order valence-corrected chi connectivity index (χ4v) is 4.85. The molecule has 0 unspecified atom stereocenters. The number of carbonyl (C=O) groups is 1. The highest BCUT2D eigenvalue weighted by Gasteiger charge is 2.23. The lowest BCUT2D eigenvalue weighted by Crippen LogP contribution is -2.18. The number of amides is 1. The quantitative estimate of drug-likeness (QED) is 0.450. The maximum absolute atomic E-state index is 12.9. The molecule has 1 amide bonds. The average molecular weight is 388 g/mol. The fraction of sp³-hybridized carbons (Fsp3) is 0.167. The van der Waals surface area contributed by atoms with Crippen LogP contribution in [0.4, 0.5) is 5.13 Å². The van der Waals surface area contributed by atoms with Gasteiger partial charge in [-0.05, 0) is 23.4 Å².